The van der Waals surface area contributed by atoms with E-state index in [1.807, 2.05) is 6.92 Å². The average Bonchev–Trinajstić information content (AvgIpc) is 3.00. The van der Waals surface area contributed by atoms with Gasteiger partial charge in [-0.2, -0.15) is 0 Å². The molecule has 2 saturated heterocycles. The molecule has 2 unspecified atom stereocenters. The maximum atomic E-state index is 12.5. The van der Waals surface area contributed by atoms with Crippen LogP contribution in [0.4, 0.5) is 0 Å². The molecule has 0 aromatic rings. The van der Waals surface area contributed by atoms with E-state index in [-0.39, 0.29) is 12.0 Å². The number of rotatable bonds is 6. The molecule has 2 atom stereocenters. The van der Waals surface area contributed by atoms with Crippen LogP contribution in [0.2, 0.25) is 0 Å². The minimum Gasteiger partial charge on any atom is -0.342 e. The second-order valence-corrected chi connectivity index (χ2v) is 7.11. The van der Waals surface area contributed by atoms with E-state index in [4.69, 9.17) is 5.73 Å². The summed E-state index contributed by atoms with van der Waals surface area (Å²) in [6, 6.07) is 0.980. The highest BCUT2D eigenvalue weighted by molar-refractivity contribution is 5.78. The van der Waals surface area contributed by atoms with Crippen molar-refractivity contribution < 1.29 is 4.79 Å². The van der Waals surface area contributed by atoms with E-state index in [1.54, 1.807) is 0 Å². The van der Waals surface area contributed by atoms with Gasteiger partial charge in [-0.15, -0.1) is 0 Å². The van der Waals surface area contributed by atoms with Crippen molar-refractivity contribution in [3.8, 4) is 0 Å². The molecule has 2 N–H and O–H groups in total. The first-order valence-corrected chi connectivity index (χ1v) is 8.86. The number of hydrogen-bond donors (Lipinski definition) is 1. The number of carbonyl (C=O) groups is 1. The Morgan fingerprint density at radius 2 is 1.71 bits per heavy atom. The second-order valence-electron chi connectivity index (χ2n) is 7.11. The third-order valence-corrected chi connectivity index (χ3v) is 5.15. The molecule has 0 aliphatic carbocycles. The molecular formula is C17H33N3O. The minimum absolute atomic E-state index is 0.159. The van der Waals surface area contributed by atoms with Gasteiger partial charge in [-0.25, -0.2) is 0 Å². The number of carbonyl (C=O) groups excluding carboxylic acids is 1. The van der Waals surface area contributed by atoms with Crippen LogP contribution in [0.5, 0.6) is 0 Å². The summed E-state index contributed by atoms with van der Waals surface area (Å²) in [6.07, 6.45) is 8.11. The average molecular weight is 295 g/mol. The lowest BCUT2D eigenvalue weighted by Gasteiger charge is -2.37. The highest BCUT2D eigenvalue weighted by Gasteiger charge is 2.29. The molecule has 21 heavy (non-hydrogen) atoms. The zero-order chi connectivity index (χ0) is 15.2. The Labute approximate surface area is 130 Å². The largest absolute Gasteiger partial charge is 0.342 e. The Hall–Kier alpha value is -0.610. The fourth-order valence-electron chi connectivity index (χ4n) is 3.74. The monoisotopic (exact) mass is 295 g/mol. The summed E-state index contributed by atoms with van der Waals surface area (Å²) in [6.45, 7) is 8.57. The molecule has 2 aliphatic heterocycles. The summed E-state index contributed by atoms with van der Waals surface area (Å²) in [4.78, 5) is 17.2. The van der Waals surface area contributed by atoms with Crippen LogP contribution in [0.25, 0.3) is 0 Å². The highest BCUT2D eigenvalue weighted by atomic mass is 16.2. The molecule has 0 aromatic heterocycles. The van der Waals surface area contributed by atoms with Crippen LogP contribution in [0, 0.1) is 5.92 Å². The van der Waals surface area contributed by atoms with Crippen molar-refractivity contribution in [2.75, 3.05) is 26.2 Å². The van der Waals surface area contributed by atoms with Gasteiger partial charge in [0.05, 0.1) is 0 Å². The number of nitrogens with zero attached hydrogens (tertiary/aromatic N) is 2. The van der Waals surface area contributed by atoms with Crippen molar-refractivity contribution >= 4 is 5.91 Å². The summed E-state index contributed by atoms with van der Waals surface area (Å²) in [5.41, 5.74) is 5.77. The van der Waals surface area contributed by atoms with Crippen LogP contribution < -0.4 is 5.73 Å². The van der Waals surface area contributed by atoms with Crippen molar-refractivity contribution in [2.45, 2.75) is 70.9 Å². The summed E-state index contributed by atoms with van der Waals surface area (Å²) in [5, 5.41) is 0. The quantitative estimate of drug-likeness (QED) is 0.817. The molecule has 2 rings (SSSR count). The van der Waals surface area contributed by atoms with E-state index >= 15 is 0 Å². The molecule has 122 valence electrons. The number of likely N-dealkylation sites (tertiary alicyclic amines) is 2. The lowest BCUT2D eigenvalue weighted by molar-refractivity contribution is -0.136. The van der Waals surface area contributed by atoms with Gasteiger partial charge < -0.3 is 15.5 Å². The van der Waals surface area contributed by atoms with E-state index in [2.05, 4.69) is 16.7 Å². The Morgan fingerprint density at radius 1 is 1.10 bits per heavy atom. The molecular weight excluding hydrogens is 262 g/mol. The SMILES string of the molecule is CC(N)CCCC(C)C(=O)N1CCC(N2CCCC2)CC1. The van der Waals surface area contributed by atoms with Gasteiger partial charge in [0, 0.05) is 31.1 Å². The predicted octanol–water partition coefficient (Wildman–Crippen LogP) is 2.23. The van der Waals surface area contributed by atoms with Gasteiger partial charge in [-0.05, 0) is 58.5 Å². The van der Waals surface area contributed by atoms with Crippen molar-refractivity contribution in [3.05, 3.63) is 0 Å². The third-order valence-electron chi connectivity index (χ3n) is 5.15. The van der Waals surface area contributed by atoms with Gasteiger partial charge in [0.2, 0.25) is 5.91 Å². The molecule has 0 bridgehead atoms. The van der Waals surface area contributed by atoms with Crippen LogP contribution >= 0.6 is 0 Å². The van der Waals surface area contributed by atoms with Crippen LogP contribution in [0.1, 0.15) is 58.8 Å². The lowest BCUT2D eigenvalue weighted by atomic mass is 9.98. The van der Waals surface area contributed by atoms with E-state index in [1.165, 1.54) is 25.9 Å². The standard InChI is InChI=1S/C17H33N3O/c1-14(6-5-7-15(2)18)17(21)20-12-8-16(9-13-20)19-10-3-4-11-19/h14-16H,3-13,18H2,1-2H3. The Balaban J connectivity index is 1.69. The molecule has 0 aromatic carbocycles. The minimum atomic E-state index is 0.159. The molecule has 1 amide bonds. The zero-order valence-electron chi connectivity index (χ0n) is 13.9. The first-order chi connectivity index (χ1) is 10.1. The van der Waals surface area contributed by atoms with Gasteiger partial charge in [0.25, 0.3) is 0 Å². The molecule has 2 heterocycles. The normalized spacial score (nSPS) is 24.2. The van der Waals surface area contributed by atoms with Gasteiger partial charge in [0.15, 0.2) is 0 Å². The Bertz CT molecular complexity index is 318. The number of amides is 1. The molecule has 0 radical (unpaired) electrons. The Kier molecular flexibility index (Phi) is 6.49. The van der Waals surface area contributed by atoms with Gasteiger partial charge >= 0.3 is 0 Å². The van der Waals surface area contributed by atoms with Crippen molar-refractivity contribution in [2.24, 2.45) is 11.7 Å². The van der Waals surface area contributed by atoms with E-state index in [0.717, 1.165) is 51.2 Å². The van der Waals surface area contributed by atoms with E-state index < -0.39 is 0 Å². The summed E-state index contributed by atoms with van der Waals surface area (Å²) >= 11 is 0. The summed E-state index contributed by atoms with van der Waals surface area (Å²) < 4.78 is 0. The Morgan fingerprint density at radius 3 is 2.29 bits per heavy atom. The van der Waals surface area contributed by atoms with Crippen LogP contribution in [0.15, 0.2) is 0 Å². The zero-order valence-corrected chi connectivity index (χ0v) is 13.9. The van der Waals surface area contributed by atoms with Gasteiger partial charge in [-0.1, -0.05) is 13.3 Å². The maximum Gasteiger partial charge on any atom is 0.225 e. The second kappa shape index (κ2) is 8.14. The first-order valence-electron chi connectivity index (χ1n) is 8.86. The van der Waals surface area contributed by atoms with Crippen molar-refractivity contribution in [1.29, 1.82) is 0 Å². The molecule has 2 fully saturated rings. The lowest BCUT2D eigenvalue weighted by Crippen LogP contribution is -2.47. The van der Waals surface area contributed by atoms with Crippen LogP contribution in [-0.4, -0.2) is 54.0 Å². The van der Waals surface area contributed by atoms with Crippen molar-refractivity contribution in [1.82, 2.24) is 9.80 Å². The fourth-order valence-corrected chi connectivity index (χ4v) is 3.74. The summed E-state index contributed by atoms with van der Waals surface area (Å²) in [7, 11) is 0. The van der Waals surface area contributed by atoms with E-state index in [9.17, 15) is 4.79 Å². The third kappa shape index (κ3) is 4.96. The maximum absolute atomic E-state index is 12.5. The van der Waals surface area contributed by atoms with Crippen LogP contribution in [0.3, 0.4) is 0 Å². The van der Waals surface area contributed by atoms with Crippen molar-refractivity contribution in [3.63, 3.8) is 0 Å². The smallest absolute Gasteiger partial charge is 0.225 e. The summed E-state index contributed by atoms with van der Waals surface area (Å²) in [5.74, 6) is 0.520. The van der Waals surface area contributed by atoms with E-state index in [0.29, 0.717) is 5.91 Å². The fraction of sp³-hybridized carbons (Fsp3) is 0.941. The molecule has 0 spiro atoms. The number of nitrogens with two attached hydrogens (primary N) is 1. The van der Waals surface area contributed by atoms with Gasteiger partial charge in [-0.3, -0.25) is 4.79 Å². The topological polar surface area (TPSA) is 49.6 Å². The molecule has 4 heteroatoms. The number of piperidine rings is 1. The first kappa shape index (κ1) is 16.8. The number of hydrogen-bond acceptors (Lipinski definition) is 3. The predicted molar refractivity (Wildman–Crippen MR) is 87.1 cm³/mol. The molecule has 2 aliphatic rings. The van der Waals surface area contributed by atoms with Gasteiger partial charge in [0.1, 0.15) is 0 Å². The molecule has 4 nitrogen and oxygen atoms in total. The molecule has 0 saturated carbocycles. The van der Waals surface area contributed by atoms with Crippen LogP contribution in [-0.2, 0) is 4.79 Å². The highest BCUT2D eigenvalue weighted by Crippen LogP contribution is 2.22.